The number of anilines is 1. The Morgan fingerprint density at radius 3 is 2.64 bits per heavy atom. The fourth-order valence-electron chi connectivity index (χ4n) is 7.01. The van der Waals surface area contributed by atoms with Gasteiger partial charge in [-0.05, 0) is 69.6 Å². The molecule has 1 aromatic carbocycles. The van der Waals surface area contributed by atoms with Gasteiger partial charge in [0.05, 0.1) is 23.2 Å². The van der Waals surface area contributed by atoms with E-state index in [4.69, 9.17) is 5.73 Å². The summed E-state index contributed by atoms with van der Waals surface area (Å²) >= 11 is 0. The van der Waals surface area contributed by atoms with E-state index in [1.165, 1.54) is 18.5 Å². The van der Waals surface area contributed by atoms with Gasteiger partial charge in [-0.25, -0.2) is 9.97 Å². The second-order valence-corrected chi connectivity index (χ2v) is 12.3. The van der Waals surface area contributed by atoms with Crippen molar-refractivity contribution in [3.05, 3.63) is 42.4 Å². The first-order valence-corrected chi connectivity index (χ1v) is 14.6. The molecule has 3 aromatic rings. The van der Waals surface area contributed by atoms with Gasteiger partial charge in [-0.2, -0.15) is 0 Å². The van der Waals surface area contributed by atoms with Crippen LogP contribution in [0, 0.1) is 11.8 Å². The van der Waals surface area contributed by atoms with Crippen molar-refractivity contribution in [2.75, 3.05) is 12.3 Å². The molecule has 4 N–H and O–H groups in total. The summed E-state index contributed by atoms with van der Waals surface area (Å²) in [6.07, 6.45) is 2.01. The lowest BCUT2D eigenvalue weighted by Crippen LogP contribution is -2.51. The molecule has 42 heavy (non-hydrogen) atoms. The third-order valence-electron chi connectivity index (χ3n) is 9.26. The summed E-state index contributed by atoms with van der Waals surface area (Å²) in [4.78, 5) is 15.4. The predicted octanol–water partition coefficient (Wildman–Crippen LogP) is 4.79. The Kier molecular flexibility index (Phi) is 7.65. The zero-order valence-electron chi connectivity index (χ0n) is 23.7. The monoisotopic (exact) mass is 586 g/mol. The summed E-state index contributed by atoms with van der Waals surface area (Å²) in [5.41, 5.74) is 9.14. The highest BCUT2D eigenvalue weighted by Crippen LogP contribution is 2.42. The number of aliphatic hydroxyl groups is 2. The van der Waals surface area contributed by atoms with Gasteiger partial charge in [-0.15, -0.1) is 13.2 Å². The molecule has 3 heterocycles. The Bertz CT molecular complexity index is 1470. The number of alkyl halides is 3. The first-order chi connectivity index (χ1) is 20.0. The van der Waals surface area contributed by atoms with Crippen molar-refractivity contribution < 1.29 is 28.1 Å². The smallest absolute Gasteiger partial charge is 0.406 e. The van der Waals surface area contributed by atoms with E-state index in [1.807, 2.05) is 16.8 Å². The highest BCUT2D eigenvalue weighted by molar-refractivity contribution is 5.94. The first-order valence-electron chi connectivity index (χ1n) is 14.6. The number of nitrogen functional groups attached to an aromatic ring is 1. The molecule has 0 amide bonds. The summed E-state index contributed by atoms with van der Waals surface area (Å²) in [6, 6.07) is 6.61. The Morgan fingerprint density at radius 2 is 1.90 bits per heavy atom. The van der Waals surface area contributed by atoms with Crippen molar-refractivity contribution in [2.24, 2.45) is 16.8 Å². The lowest BCUT2D eigenvalue weighted by Gasteiger charge is -2.46. The van der Waals surface area contributed by atoms with Crippen LogP contribution in [0.2, 0.25) is 0 Å². The highest BCUT2D eigenvalue weighted by atomic mass is 19.4. The lowest BCUT2D eigenvalue weighted by molar-refractivity contribution is -0.274. The fourth-order valence-corrected chi connectivity index (χ4v) is 7.01. The number of benzene rings is 1. The Hall–Kier alpha value is -3.22. The van der Waals surface area contributed by atoms with E-state index in [0.29, 0.717) is 54.5 Å². The molecule has 0 bridgehead atoms. The molecule has 2 saturated carbocycles. The van der Waals surface area contributed by atoms with Gasteiger partial charge >= 0.3 is 6.36 Å². The molecule has 2 aliphatic carbocycles. The van der Waals surface area contributed by atoms with Crippen LogP contribution in [0.15, 0.2) is 41.8 Å². The fraction of sp³-hybridized carbons (Fsp3) is 0.567. The summed E-state index contributed by atoms with van der Waals surface area (Å²) in [6.45, 7) is 5.04. The van der Waals surface area contributed by atoms with E-state index in [1.54, 1.807) is 6.07 Å². The zero-order valence-corrected chi connectivity index (χ0v) is 23.7. The number of rotatable bonds is 9. The maximum absolute atomic E-state index is 12.6. The minimum Gasteiger partial charge on any atom is -0.406 e. The molecular weight excluding hydrogens is 549 g/mol. The summed E-state index contributed by atoms with van der Waals surface area (Å²) < 4.78 is 43.6. The molecule has 0 unspecified atom stereocenters. The summed E-state index contributed by atoms with van der Waals surface area (Å²) in [5, 5.41) is 22.8. The Morgan fingerprint density at radius 1 is 1.12 bits per heavy atom. The molecule has 1 aliphatic heterocycles. The van der Waals surface area contributed by atoms with Gasteiger partial charge in [0.2, 0.25) is 0 Å². The number of halogens is 3. The highest BCUT2D eigenvalue weighted by Gasteiger charge is 2.45. The van der Waals surface area contributed by atoms with Crippen molar-refractivity contribution >= 4 is 28.3 Å². The topological polar surface area (TPSA) is 122 Å². The van der Waals surface area contributed by atoms with Gasteiger partial charge in [0, 0.05) is 48.9 Å². The molecule has 0 radical (unpaired) electrons. The van der Waals surface area contributed by atoms with Crippen LogP contribution in [-0.2, 0) is 6.42 Å². The number of fused-ring (bicyclic) bond motifs is 2. The largest absolute Gasteiger partial charge is 0.573 e. The van der Waals surface area contributed by atoms with Crippen molar-refractivity contribution in [3.8, 4) is 5.75 Å². The number of aliphatic imine (C=N–C) groups is 1. The molecule has 12 heteroatoms. The maximum atomic E-state index is 12.6. The van der Waals surface area contributed by atoms with E-state index in [0.717, 1.165) is 42.3 Å². The van der Waals surface area contributed by atoms with Crippen LogP contribution in [0.1, 0.15) is 57.6 Å². The van der Waals surface area contributed by atoms with E-state index >= 15 is 0 Å². The van der Waals surface area contributed by atoms with Crippen molar-refractivity contribution in [3.63, 3.8) is 0 Å². The molecule has 226 valence electrons. The van der Waals surface area contributed by atoms with Crippen LogP contribution >= 0.6 is 0 Å². The van der Waals surface area contributed by atoms with Crippen LogP contribution in [0.5, 0.6) is 5.75 Å². The van der Waals surface area contributed by atoms with Gasteiger partial charge < -0.3 is 25.3 Å². The van der Waals surface area contributed by atoms with Gasteiger partial charge in [0.1, 0.15) is 29.6 Å². The van der Waals surface area contributed by atoms with Crippen molar-refractivity contribution in [1.82, 2.24) is 19.4 Å². The number of aromatic nitrogens is 3. The van der Waals surface area contributed by atoms with Gasteiger partial charge in [-0.1, -0.05) is 6.07 Å². The van der Waals surface area contributed by atoms with Crippen molar-refractivity contribution in [2.45, 2.75) is 89.1 Å². The van der Waals surface area contributed by atoms with Crippen LogP contribution in [0.25, 0.3) is 11.0 Å². The van der Waals surface area contributed by atoms with E-state index in [9.17, 15) is 23.4 Å². The van der Waals surface area contributed by atoms with Crippen LogP contribution < -0.4 is 10.5 Å². The number of hydrogen-bond donors (Lipinski definition) is 3. The SMILES string of the molecule is CC(C)N(C[C@H]1C[C@@H](n2ccc3c(N)ncnc32)[C@H](O)[C@@H]1O)[C@H]1C[C@H](CCC2=Nc3cc(OC(F)(F)F)ccc3C2)C1. The molecule has 2 aromatic heterocycles. The number of nitrogens with two attached hydrogens (primary N) is 1. The first kappa shape index (κ1) is 28.9. The predicted molar refractivity (Wildman–Crippen MR) is 153 cm³/mol. The average molecular weight is 587 g/mol. The zero-order chi connectivity index (χ0) is 29.8. The third-order valence-corrected chi connectivity index (χ3v) is 9.26. The Labute approximate surface area is 242 Å². The van der Waals surface area contributed by atoms with Gasteiger partial charge in [0.15, 0.2) is 0 Å². The molecule has 4 atom stereocenters. The summed E-state index contributed by atoms with van der Waals surface area (Å²) in [7, 11) is 0. The molecule has 3 aliphatic rings. The molecular formula is C30H37F3N6O3. The Balaban J connectivity index is 1.03. The molecule has 2 fully saturated rings. The molecule has 0 spiro atoms. The molecule has 0 saturated heterocycles. The third kappa shape index (κ3) is 5.71. The number of ether oxygens (including phenoxy) is 1. The quantitative estimate of drug-likeness (QED) is 0.330. The van der Waals surface area contributed by atoms with Crippen LogP contribution in [0.4, 0.5) is 24.7 Å². The number of hydrogen-bond acceptors (Lipinski definition) is 8. The van der Waals surface area contributed by atoms with Gasteiger partial charge in [0.25, 0.3) is 0 Å². The van der Waals surface area contributed by atoms with E-state index in [-0.39, 0.29) is 17.7 Å². The number of nitrogens with zero attached hydrogens (tertiary/aromatic N) is 5. The standard InChI is InChI=1S/C30H37F3N6O3/c1-16(2)39(14-19-12-25(27(41)26(19)40)38-8-7-23-28(34)35-15-36-29(23)38)21-9-17(10-21)3-5-20-11-18-4-6-22(13-24(18)37-20)42-30(31,32)33/h4,6-8,13,15-17,19,21,25-27,40-41H,3,5,9-12,14H2,1-2H3,(H2,34,35,36)/t17-,19-,21-,25-,26-,27+/m1/s1. The van der Waals surface area contributed by atoms with Crippen LogP contribution in [-0.4, -0.2) is 72.6 Å². The second-order valence-electron chi connectivity index (χ2n) is 12.3. The number of aliphatic hydroxyl groups excluding tert-OH is 2. The molecule has 9 nitrogen and oxygen atoms in total. The summed E-state index contributed by atoms with van der Waals surface area (Å²) in [5.74, 6) is 0.618. The van der Waals surface area contributed by atoms with Crippen LogP contribution in [0.3, 0.4) is 0 Å². The van der Waals surface area contributed by atoms with Gasteiger partial charge in [-0.3, -0.25) is 9.89 Å². The average Bonchev–Trinajstić information content (AvgIpc) is 3.58. The minimum atomic E-state index is -4.72. The van der Waals surface area contributed by atoms with E-state index < -0.39 is 18.6 Å². The van der Waals surface area contributed by atoms with Crippen molar-refractivity contribution in [1.29, 1.82) is 0 Å². The van der Waals surface area contributed by atoms with E-state index in [2.05, 4.69) is 38.4 Å². The normalized spacial score (nSPS) is 27.5. The lowest BCUT2D eigenvalue weighted by atomic mass is 9.75. The minimum absolute atomic E-state index is 0.0827. The molecule has 6 rings (SSSR count). The second kappa shape index (κ2) is 11.1. The maximum Gasteiger partial charge on any atom is 0.573 e.